The van der Waals surface area contributed by atoms with Gasteiger partial charge in [0.05, 0.1) is 0 Å². The Bertz CT molecular complexity index is 539. The van der Waals surface area contributed by atoms with E-state index in [1.54, 1.807) is 0 Å². The molecule has 0 bridgehead atoms. The maximum absolute atomic E-state index is 4.49. The van der Waals surface area contributed by atoms with Gasteiger partial charge in [0, 0.05) is 36.0 Å². The summed E-state index contributed by atoms with van der Waals surface area (Å²) in [5.74, 6) is 0.995. The van der Waals surface area contributed by atoms with Crippen LogP contribution in [0.2, 0.25) is 0 Å². The van der Waals surface area contributed by atoms with E-state index >= 15 is 0 Å². The number of halogens is 1. The standard InChI is InChI=1S/C14H14BrN3/c15-12-5-6-14(17-10-12)18-8-7-16-9-11-3-1-2-4-13(11)18/h1-6,10,16H,7-9H2. The van der Waals surface area contributed by atoms with Crippen molar-refractivity contribution in [2.24, 2.45) is 0 Å². The minimum Gasteiger partial charge on any atom is -0.325 e. The lowest BCUT2D eigenvalue weighted by molar-refractivity contribution is 0.711. The Morgan fingerprint density at radius 3 is 2.89 bits per heavy atom. The highest BCUT2D eigenvalue weighted by Gasteiger charge is 2.16. The molecule has 0 radical (unpaired) electrons. The first-order valence-electron chi connectivity index (χ1n) is 6.02. The number of rotatable bonds is 1. The van der Waals surface area contributed by atoms with Crippen LogP contribution in [0.3, 0.4) is 0 Å². The van der Waals surface area contributed by atoms with Crippen LogP contribution in [0.25, 0.3) is 0 Å². The first-order chi connectivity index (χ1) is 8.84. The summed E-state index contributed by atoms with van der Waals surface area (Å²) in [6, 6.07) is 12.6. The molecular formula is C14H14BrN3. The van der Waals surface area contributed by atoms with E-state index in [4.69, 9.17) is 0 Å². The third-order valence-electron chi connectivity index (χ3n) is 3.10. The second-order valence-corrected chi connectivity index (χ2v) is 5.21. The molecule has 1 aliphatic rings. The molecule has 0 saturated carbocycles. The first kappa shape index (κ1) is 11.7. The normalized spacial score (nSPS) is 15.1. The lowest BCUT2D eigenvalue weighted by atomic mass is 10.1. The van der Waals surface area contributed by atoms with Crippen LogP contribution in [0.5, 0.6) is 0 Å². The van der Waals surface area contributed by atoms with Crippen molar-refractivity contribution in [3.8, 4) is 0 Å². The van der Waals surface area contributed by atoms with Gasteiger partial charge in [-0.1, -0.05) is 18.2 Å². The van der Waals surface area contributed by atoms with Gasteiger partial charge in [-0.2, -0.15) is 0 Å². The van der Waals surface area contributed by atoms with Gasteiger partial charge in [-0.15, -0.1) is 0 Å². The number of anilines is 2. The maximum Gasteiger partial charge on any atom is 0.133 e. The molecule has 2 aromatic rings. The number of nitrogens with one attached hydrogen (secondary N) is 1. The van der Waals surface area contributed by atoms with E-state index in [9.17, 15) is 0 Å². The predicted molar refractivity (Wildman–Crippen MR) is 77.1 cm³/mol. The molecule has 0 unspecified atom stereocenters. The fourth-order valence-corrected chi connectivity index (χ4v) is 2.46. The van der Waals surface area contributed by atoms with Crippen molar-refractivity contribution >= 4 is 27.4 Å². The molecule has 92 valence electrons. The van der Waals surface area contributed by atoms with Gasteiger partial charge >= 0.3 is 0 Å². The molecule has 1 aromatic heterocycles. The minimum absolute atomic E-state index is 0.920. The molecule has 3 rings (SSSR count). The van der Waals surface area contributed by atoms with Gasteiger partial charge in [0.1, 0.15) is 5.82 Å². The lowest BCUT2D eigenvalue weighted by Gasteiger charge is -2.23. The van der Waals surface area contributed by atoms with Crippen molar-refractivity contribution < 1.29 is 0 Å². The Hall–Kier alpha value is -1.39. The smallest absolute Gasteiger partial charge is 0.133 e. The van der Waals surface area contributed by atoms with Crippen LogP contribution >= 0.6 is 15.9 Å². The monoisotopic (exact) mass is 303 g/mol. The number of para-hydroxylation sites is 1. The average Bonchev–Trinajstić information content (AvgIpc) is 2.62. The Labute approximate surface area is 115 Å². The number of aromatic nitrogens is 1. The molecule has 0 fully saturated rings. The summed E-state index contributed by atoms with van der Waals surface area (Å²) in [4.78, 5) is 6.76. The molecule has 0 saturated heterocycles. The van der Waals surface area contributed by atoms with Crippen LogP contribution in [-0.4, -0.2) is 18.1 Å². The van der Waals surface area contributed by atoms with Crippen LogP contribution < -0.4 is 10.2 Å². The van der Waals surface area contributed by atoms with E-state index in [1.807, 2.05) is 18.3 Å². The van der Waals surface area contributed by atoms with Gasteiger partial charge in [0.25, 0.3) is 0 Å². The third kappa shape index (κ3) is 2.26. The van der Waals surface area contributed by atoms with Crippen LogP contribution in [0.1, 0.15) is 5.56 Å². The van der Waals surface area contributed by atoms with Crippen LogP contribution in [-0.2, 0) is 6.54 Å². The Balaban J connectivity index is 2.03. The van der Waals surface area contributed by atoms with E-state index in [-0.39, 0.29) is 0 Å². The van der Waals surface area contributed by atoms with E-state index in [1.165, 1.54) is 11.3 Å². The van der Waals surface area contributed by atoms with Crippen molar-refractivity contribution in [1.82, 2.24) is 10.3 Å². The number of pyridine rings is 1. The van der Waals surface area contributed by atoms with Crippen molar-refractivity contribution in [3.63, 3.8) is 0 Å². The molecule has 18 heavy (non-hydrogen) atoms. The fraction of sp³-hybridized carbons (Fsp3) is 0.214. The second-order valence-electron chi connectivity index (χ2n) is 4.29. The largest absolute Gasteiger partial charge is 0.325 e. The summed E-state index contributed by atoms with van der Waals surface area (Å²) in [5.41, 5.74) is 2.57. The lowest BCUT2D eigenvalue weighted by Crippen LogP contribution is -2.25. The summed E-state index contributed by atoms with van der Waals surface area (Å²) in [6.45, 7) is 2.82. The van der Waals surface area contributed by atoms with Crippen molar-refractivity contribution in [2.75, 3.05) is 18.0 Å². The SMILES string of the molecule is Brc1ccc(N2CCNCc3ccccc32)nc1. The van der Waals surface area contributed by atoms with Gasteiger partial charge in [0.15, 0.2) is 0 Å². The van der Waals surface area contributed by atoms with Crippen LogP contribution in [0.15, 0.2) is 47.1 Å². The summed E-state index contributed by atoms with van der Waals surface area (Å²) < 4.78 is 1.01. The Morgan fingerprint density at radius 2 is 2.06 bits per heavy atom. The highest BCUT2D eigenvalue weighted by atomic mass is 79.9. The van der Waals surface area contributed by atoms with Crippen LogP contribution in [0.4, 0.5) is 11.5 Å². The highest BCUT2D eigenvalue weighted by molar-refractivity contribution is 9.10. The molecule has 1 aliphatic heterocycles. The topological polar surface area (TPSA) is 28.2 Å². The number of hydrogen-bond donors (Lipinski definition) is 1. The van der Waals surface area contributed by atoms with Crippen LogP contribution in [0, 0.1) is 0 Å². The summed E-state index contributed by atoms with van der Waals surface area (Å²) in [7, 11) is 0. The highest BCUT2D eigenvalue weighted by Crippen LogP contribution is 2.28. The van der Waals surface area contributed by atoms with E-state index in [2.05, 4.69) is 55.4 Å². The average molecular weight is 304 g/mol. The molecule has 4 heteroatoms. The zero-order valence-corrected chi connectivity index (χ0v) is 11.5. The zero-order chi connectivity index (χ0) is 12.4. The molecular weight excluding hydrogens is 290 g/mol. The van der Waals surface area contributed by atoms with E-state index in [0.29, 0.717) is 0 Å². The van der Waals surface area contributed by atoms with E-state index in [0.717, 1.165) is 29.9 Å². The van der Waals surface area contributed by atoms with Crippen molar-refractivity contribution in [1.29, 1.82) is 0 Å². The Kier molecular flexibility index (Phi) is 3.30. The van der Waals surface area contributed by atoms with Gasteiger partial charge in [-0.05, 0) is 39.7 Å². The van der Waals surface area contributed by atoms with Crippen molar-refractivity contribution in [3.05, 3.63) is 52.6 Å². The van der Waals surface area contributed by atoms with E-state index < -0.39 is 0 Å². The molecule has 1 aromatic carbocycles. The predicted octanol–water partition coefficient (Wildman–Crippen LogP) is 3.09. The summed E-state index contributed by atoms with van der Waals surface area (Å²) in [5, 5.41) is 3.44. The second kappa shape index (κ2) is 5.08. The number of nitrogens with zero attached hydrogens (tertiary/aromatic N) is 2. The van der Waals surface area contributed by atoms with Crippen molar-refractivity contribution in [2.45, 2.75) is 6.54 Å². The quantitative estimate of drug-likeness (QED) is 0.877. The maximum atomic E-state index is 4.49. The number of fused-ring (bicyclic) bond motifs is 1. The molecule has 1 N–H and O–H groups in total. The van der Waals surface area contributed by atoms with Gasteiger partial charge in [0.2, 0.25) is 0 Å². The molecule has 0 spiro atoms. The Morgan fingerprint density at radius 1 is 1.17 bits per heavy atom. The zero-order valence-electron chi connectivity index (χ0n) is 9.94. The third-order valence-corrected chi connectivity index (χ3v) is 3.57. The fourth-order valence-electron chi connectivity index (χ4n) is 2.22. The molecule has 2 heterocycles. The minimum atomic E-state index is 0.920. The summed E-state index contributed by atoms with van der Waals surface area (Å²) >= 11 is 3.42. The molecule has 3 nitrogen and oxygen atoms in total. The molecule has 0 amide bonds. The van der Waals surface area contributed by atoms with Gasteiger partial charge in [-0.25, -0.2) is 4.98 Å². The van der Waals surface area contributed by atoms with Gasteiger partial charge < -0.3 is 10.2 Å². The number of benzene rings is 1. The molecule has 0 atom stereocenters. The van der Waals surface area contributed by atoms with Gasteiger partial charge in [-0.3, -0.25) is 0 Å². The number of hydrogen-bond acceptors (Lipinski definition) is 3. The molecule has 0 aliphatic carbocycles. The summed E-state index contributed by atoms with van der Waals surface area (Å²) in [6.07, 6.45) is 1.84. The first-order valence-corrected chi connectivity index (χ1v) is 6.81.